The Balaban J connectivity index is 1.93. The molecule has 2 nitrogen and oxygen atoms in total. The Bertz CT molecular complexity index is 580. The minimum Gasteiger partial charge on any atom is -0.494 e. The average Bonchev–Trinajstić information content (AvgIpc) is 2.49. The Morgan fingerprint density at radius 2 is 1.86 bits per heavy atom. The summed E-state index contributed by atoms with van der Waals surface area (Å²) in [5, 5.41) is 0. The second kappa shape index (κ2) is 7.23. The van der Waals surface area contributed by atoms with E-state index in [0.717, 1.165) is 24.2 Å². The lowest BCUT2D eigenvalue weighted by Crippen LogP contribution is -2.11. The summed E-state index contributed by atoms with van der Waals surface area (Å²) in [6.07, 6.45) is 1.73. The first kappa shape index (κ1) is 15.5. The van der Waals surface area contributed by atoms with Gasteiger partial charge < -0.3 is 10.5 Å². The Labute approximate surface area is 125 Å². The number of nitrogens with two attached hydrogens (primary N) is 1. The van der Waals surface area contributed by atoms with Crippen molar-refractivity contribution in [2.24, 2.45) is 5.73 Å². The molecule has 3 heteroatoms. The van der Waals surface area contributed by atoms with Crippen LogP contribution in [0, 0.1) is 12.7 Å². The molecular weight excluding hydrogens is 265 g/mol. The van der Waals surface area contributed by atoms with Gasteiger partial charge in [0.25, 0.3) is 0 Å². The van der Waals surface area contributed by atoms with Crippen LogP contribution >= 0.6 is 0 Å². The van der Waals surface area contributed by atoms with E-state index in [1.165, 1.54) is 11.6 Å². The van der Waals surface area contributed by atoms with Crippen LogP contribution in [0.1, 0.15) is 36.1 Å². The number of hydrogen-bond acceptors (Lipinski definition) is 2. The van der Waals surface area contributed by atoms with Gasteiger partial charge in [-0.15, -0.1) is 0 Å². The standard InChI is InChI=1S/C18H22FNO/c1-3-21-16-8-4-14(5-9-16)6-11-18(20)15-7-10-17(19)13(2)12-15/h4-5,7-10,12,18H,3,6,11,20H2,1-2H3. The summed E-state index contributed by atoms with van der Waals surface area (Å²) in [7, 11) is 0. The Morgan fingerprint density at radius 3 is 2.48 bits per heavy atom. The summed E-state index contributed by atoms with van der Waals surface area (Å²) in [4.78, 5) is 0. The molecule has 112 valence electrons. The lowest BCUT2D eigenvalue weighted by molar-refractivity contribution is 0.340. The third-order valence-corrected chi connectivity index (χ3v) is 3.59. The third-order valence-electron chi connectivity index (χ3n) is 3.59. The predicted molar refractivity (Wildman–Crippen MR) is 84.0 cm³/mol. The molecule has 0 amide bonds. The molecule has 1 unspecified atom stereocenters. The maximum absolute atomic E-state index is 13.3. The molecule has 1 atom stereocenters. The minimum absolute atomic E-state index is 0.0733. The van der Waals surface area contributed by atoms with E-state index >= 15 is 0 Å². The molecule has 0 aliphatic carbocycles. The summed E-state index contributed by atoms with van der Waals surface area (Å²) in [6.45, 7) is 4.41. The van der Waals surface area contributed by atoms with Crippen LogP contribution in [0.5, 0.6) is 5.75 Å². The van der Waals surface area contributed by atoms with Crippen LogP contribution < -0.4 is 10.5 Å². The lowest BCUT2D eigenvalue weighted by atomic mass is 9.98. The van der Waals surface area contributed by atoms with Gasteiger partial charge in [0, 0.05) is 6.04 Å². The van der Waals surface area contributed by atoms with E-state index in [2.05, 4.69) is 12.1 Å². The van der Waals surface area contributed by atoms with Crippen LogP contribution in [0.4, 0.5) is 4.39 Å². The van der Waals surface area contributed by atoms with Crippen LogP contribution in [0.2, 0.25) is 0 Å². The van der Waals surface area contributed by atoms with Crippen molar-refractivity contribution in [3.63, 3.8) is 0 Å². The van der Waals surface area contributed by atoms with E-state index in [1.54, 1.807) is 13.0 Å². The summed E-state index contributed by atoms with van der Waals surface area (Å²) in [6, 6.07) is 13.1. The first-order valence-electron chi connectivity index (χ1n) is 7.33. The van der Waals surface area contributed by atoms with Gasteiger partial charge in [-0.2, -0.15) is 0 Å². The second-order valence-electron chi connectivity index (χ2n) is 5.23. The highest BCUT2D eigenvalue weighted by molar-refractivity contribution is 5.29. The Hall–Kier alpha value is -1.87. The summed E-state index contributed by atoms with van der Waals surface area (Å²) >= 11 is 0. The topological polar surface area (TPSA) is 35.2 Å². The van der Waals surface area contributed by atoms with Gasteiger partial charge in [-0.3, -0.25) is 0 Å². The van der Waals surface area contributed by atoms with Crippen LogP contribution in [-0.2, 0) is 6.42 Å². The van der Waals surface area contributed by atoms with E-state index in [1.807, 2.05) is 25.1 Å². The molecule has 0 aromatic heterocycles. The number of hydrogen-bond donors (Lipinski definition) is 1. The summed E-state index contributed by atoms with van der Waals surface area (Å²) in [5.41, 5.74) is 9.05. The van der Waals surface area contributed by atoms with Crippen LogP contribution in [0.25, 0.3) is 0 Å². The predicted octanol–water partition coefficient (Wildman–Crippen LogP) is 4.17. The molecule has 0 saturated heterocycles. The maximum Gasteiger partial charge on any atom is 0.126 e. The minimum atomic E-state index is -0.183. The van der Waals surface area contributed by atoms with Crippen molar-refractivity contribution >= 4 is 0 Å². The van der Waals surface area contributed by atoms with Crippen molar-refractivity contribution < 1.29 is 9.13 Å². The van der Waals surface area contributed by atoms with Gasteiger partial charge in [-0.25, -0.2) is 4.39 Å². The first-order valence-corrected chi connectivity index (χ1v) is 7.33. The van der Waals surface area contributed by atoms with Gasteiger partial charge in [-0.05, 0) is 61.6 Å². The Kier molecular flexibility index (Phi) is 5.34. The smallest absolute Gasteiger partial charge is 0.126 e. The van der Waals surface area contributed by atoms with E-state index in [4.69, 9.17) is 10.5 Å². The third kappa shape index (κ3) is 4.30. The number of aryl methyl sites for hydroxylation is 2. The van der Waals surface area contributed by atoms with Gasteiger partial charge in [0.2, 0.25) is 0 Å². The van der Waals surface area contributed by atoms with Crippen LogP contribution in [-0.4, -0.2) is 6.61 Å². The molecule has 2 N–H and O–H groups in total. The van der Waals surface area contributed by atoms with E-state index in [9.17, 15) is 4.39 Å². The summed E-state index contributed by atoms with van der Waals surface area (Å²) in [5.74, 6) is 0.706. The maximum atomic E-state index is 13.3. The van der Waals surface area contributed by atoms with Gasteiger partial charge in [-0.1, -0.05) is 24.3 Å². The quantitative estimate of drug-likeness (QED) is 0.865. The molecule has 0 heterocycles. The number of ether oxygens (including phenoxy) is 1. The second-order valence-corrected chi connectivity index (χ2v) is 5.23. The zero-order valence-corrected chi connectivity index (χ0v) is 12.6. The average molecular weight is 287 g/mol. The zero-order valence-electron chi connectivity index (χ0n) is 12.6. The van der Waals surface area contributed by atoms with Crippen molar-refractivity contribution in [3.05, 3.63) is 65.0 Å². The van der Waals surface area contributed by atoms with Crippen LogP contribution in [0.15, 0.2) is 42.5 Å². The molecule has 0 radical (unpaired) electrons. The van der Waals surface area contributed by atoms with Crippen molar-refractivity contribution in [1.29, 1.82) is 0 Å². The highest BCUT2D eigenvalue weighted by Gasteiger charge is 2.08. The SMILES string of the molecule is CCOc1ccc(CCC(N)c2ccc(F)c(C)c2)cc1. The molecule has 0 aliphatic heterocycles. The molecule has 0 aliphatic rings. The van der Waals surface area contributed by atoms with Crippen molar-refractivity contribution in [1.82, 2.24) is 0 Å². The highest BCUT2D eigenvalue weighted by atomic mass is 19.1. The zero-order chi connectivity index (χ0) is 15.2. The van der Waals surface area contributed by atoms with Crippen LogP contribution in [0.3, 0.4) is 0 Å². The molecule has 21 heavy (non-hydrogen) atoms. The molecule has 0 fully saturated rings. The fourth-order valence-electron chi connectivity index (χ4n) is 2.31. The lowest BCUT2D eigenvalue weighted by Gasteiger charge is -2.13. The molecule has 0 saturated carbocycles. The molecule has 2 aromatic carbocycles. The first-order chi connectivity index (χ1) is 10.1. The van der Waals surface area contributed by atoms with Crippen molar-refractivity contribution in [2.45, 2.75) is 32.7 Å². The monoisotopic (exact) mass is 287 g/mol. The van der Waals surface area contributed by atoms with Gasteiger partial charge in [0.15, 0.2) is 0 Å². The molecular formula is C18H22FNO. The highest BCUT2D eigenvalue weighted by Crippen LogP contribution is 2.20. The van der Waals surface area contributed by atoms with Gasteiger partial charge in [0.1, 0.15) is 11.6 Å². The number of halogens is 1. The molecule has 2 rings (SSSR count). The molecule has 2 aromatic rings. The van der Waals surface area contributed by atoms with Gasteiger partial charge in [0.05, 0.1) is 6.61 Å². The largest absolute Gasteiger partial charge is 0.494 e. The van der Waals surface area contributed by atoms with Crippen molar-refractivity contribution in [2.75, 3.05) is 6.61 Å². The Morgan fingerprint density at radius 1 is 1.14 bits per heavy atom. The van der Waals surface area contributed by atoms with E-state index < -0.39 is 0 Å². The van der Waals surface area contributed by atoms with Crippen molar-refractivity contribution in [3.8, 4) is 5.75 Å². The molecule has 0 bridgehead atoms. The number of benzene rings is 2. The number of rotatable bonds is 6. The van der Waals surface area contributed by atoms with E-state index in [0.29, 0.717) is 12.2 Å². The molecule has 0 spiro atoms. The summed E-state index contributed by atoms with van der Waals surface area (Å²) < 4.78 is 18.7. The van der Waals surface area contributed by atoms with E-state index in [-0.39, 0.29) is 11.9 Å². The fraction of sp³-hybridized carbons (Fsp3) is 0.333. The van der Waals surface area contributed by atoms with Gasteiger partial charge >= 0.3 is 0 Å². The normalized spacial score (nSPS) is 12.2. The fourth-order valence-corrected chi connectivity index (χ4v) is 2.31.